The van der Waals surface area contributed by atoms with Crippen molar-refractivity contribution in [1.29, 1.82) is 0 Å². The van der Waals surface area contributed by atoms with Gasteiger partial charge in [0.25, 0.3) is 0 Å². The highest BCUT2D eigenvalue weighted by atomic mass is 16.5. The van der Waals surface area contributed by atoms with E-state index in [0.717, 1.165) is 12.2 Å². The number of rotatable bonds is 8. The van der Waals surface area contributed by atoms with Crippen LogP contribution >= 0.6 is 0 Å². The molecule has 0 heterocycles. The van der Waals surface area contributed by atoms with E-state index in [4.69, 9.17) is 4.74 Å². The summed E-state index contributed by atoms with van der Waals surface area (Å²) in [6.07, 6.45) is 2.77. The van der Waals surface area contributed by atoms with Crippen LogP contribution in [-0.4, -0.2) is 17.7 Å². The lowest BCUT2D eigenvalue weighted by Crippen LogP contribution is -2.30. The quantitative estimate of drug-likeness (QED) is 0.719. The first-order chi connectivity index (χ1) is 9.45. The molecule has 0 saturated carbocycles. The zero-order valence-electron chi connectivity index (χ0n) is 13.0. The molecule has 1 rings (SSSR count). The summed E-state index contributed by atoms with van der Waals surface area (Å²) in [5.74, 6) is 0.177. The minimum atomic E-state index is -0.686. The van der Waals surface area contributed by atoms with Crippen molar-refractivity contribution in [3.05, 3.63) is 29.3 Å². The predicted octanol–water partition coefficient (Wildman–Crippen LogP) is 4.35. The summed E-state index contributed by atoms with van der Waals surface area (Å²) in [5, 5.41) is 9.37. The molecule has 0 aromatic heterocycles. The topological polar surface area (TPSA) is 46.5 Å². The summed E-state index contributed by atoms with van der Waals surface area (Å²) in [6, 6.07) is 6.04. The molecule has 20 heavy (non-hydrogen) atoms. The average Bonchev–Trinajstić information content (AvgIpc) is 2.43. The Balaban J connectivity index is 2.48. The Kier molecular flexibility index (Phi) is 6.05. The molecule has 0 bridgehead atoms. The number of hydrogen-bond acceptors (Lipinski definition) is 2. The van der Waals surface area contributed by atoms with Crippen LogP contribution in [0.3, 0.4) is 0 Å². The first kappa shape index (κ1) is 16.5. The fourth-order valence-electron chi connectivity index (χ4n) is 2.42. The molecule has 3 heteroatoms. The van der Waals surface area contributed by atoms with Crippen LogP contribution in [0, 0.1) is 19.3 Å². The molecule has 0 amide bonds. The first-order valence-corrected chi connectivity index (χ1v) is 7.38. The highest BCUT2D eigenvalue weighted by Crippen LogP contribution is 2.32. The molecule has 112 valence electrons. The summed E-state index contributed by atoms with van der Waals surface area (Å²) in [4.78, 5) is 11.4. The lowest BCUT2D eigenvalue weighted by Gasteiger charge is -2.26. The van der Waals surface area contributed by atoms with Gasteiger partial charge in [0.1, 0.15) is 5.75 Å². The van der Waals surface area contributed by atoms with Crippen LogP contribution < -0.4 is 4.74 Å². The standard InChI is InChI=1S/C17H26O3/c1-5-17(6-2,16(18)19)10-7-11-20-15-9-8-13(3)14(4)12-15/h8-9,12H,5-7,10-11H2,1-4H3,(H,18,19). The Hall–Kier alpha value is -1.51. The van der Waals surface area contributed by atoms with Gasteiger partial charge in [-0.15, -0.1) is 0 Å². The number of ether oxygens (including phenoxy) is 1. The van der Waals surface area contributed by atoms with E-state index in [-0.39, 0.29) is 0 Å². The second-order valence-electron chi connectivity index (χ2n) is 5.49. The van der Waals surface area contributed by atoms with Crippen molar-refractivity contribution in [1.82, 2.24) is 0 Å². The van der Waals surface area contributed by atoms with E-state index in [9.17, 15) is 9.90 Å². The summed E-state index contributed by atoms with van der Waals surface area (Å²) in [5.41, 5.74) is 1.87. The highest BCUT2D eigenvalue weighted by molar-refractivity contribution is 5.74. The van der Waals surface area contributed by atoms with Gasteiger partial charge in [-0.3, -0.25) is 4.79 Å². The maximum absolute atomic E-state index is 11.4. The molecule has 0 atom stereocenters. The van der Waals surface area contributed by atoms with Crippen molar-refractivity contribution in [2.75, 3.05) is 6.61 Å². The third kappa shape index (κ3) is 3.99. The molecule has 1 aromatic rings. The second-order valence-corrected chi connectivity index (χ2v) is 5.49. The predicted molar refractivity (Wildman–Crippen MR) is 81.3 cm³/mol. The lowest BCUT2D eigenvalue weighted by molar-refractivity contribution is -0.150. The van der Waals surface area contributed by atoms with Gasteiger partial charge in [-0.05, 0) is 62.8 Å². The molecule has 0 fully saturated rings. The van der Waals surface area contributed by atoms with Crippen LogP contribution in [-0.2, 0) is 4.79 Å². The van der Waals surface area contributed by atoms with Crippen LogP contribution in [0.5, 0.6) is 5.75 Å². The van der Waals surface area contributed by atoms with Crippen molar-refractivity contribution in [2.24, 2.45) is 5.41 Å². The van der Waals surface area contributed by atoms with E-state index in [1.54, 1.807) is 0 Å². The Morgan fingerprint density at radius 3 is 2.35 bits per heavy atom. The molecule has 0 aliphatic rings. The maximum atomic E-state index is 11.4. The molecule has 0 aliphatic heterocycles. The van der Waals surface area contributed by atoms with Crippen LogP contribution in [0.25, 0.3) is 0 Å². The number of aliphatic carboxylic acids is 1. The largest absolute Gasteiger partial charge is 0.494 e. The third-order valence-electron chi connectivity index (χ3n) is 4.35. The smallest absolute Gasteiger partial charge is 0.309 e. The van der Waals surface area contributed by atoms with Gasteiger partial charge in [0, 0.05) is 0 Å². The van der Waals surface area contributed by atoms with E-state index in [2.05, 4.69) is 13.8 Å². The van der Waals surface area contributed by atoms with Crippen molar-refractivity contribution < 1.29 is 14.6 Å². The molecule has 1 aromatic carbocycles. The number of carboxylic acid groups (broad SMARTS) is 1. The minimum Gasteiger partial charge on any atom is -0.494 e. The van der Waals surface area contributed by atoms with Crippen molar-refractivity contribution in [3.8, 4) is 5.75 Å². The van der Waals surface area contributed by atoms with Gasteiger partial charge in [0.05, 0.1) is 12.0 Å². The molecule has 0 saturated heterocycles. The zero-order valence-corrected chi connectivity index (χ0v) is 13.0. The van der Waals surface area contributed by atoms with Crippen LogP contribution in [0.2, 0.25) is 0 Å². The zero-order chi connectivity index (χ0) is 15.2. The van der Waals surface area contributed by atoms with Gasteiger partial charge in [-0.1, -0.05) is 19.9 Å². The van der Waals surface area contributed by atoms with E-state index < -0.39 is 11.4 Å². The van der Waals surface area contributed by atoms with Gasteiger partial charge < -0.3 is 9.84 Å². The van der Waals surface area contributed by atoms with Crippen LogP contribution in [0.15, 0.2) is 18.2 Å². The number of carboxylic acids is 1. The number of benzene rings is 1. The Labute approximate surface area is 122 Å². The maximum Gasteiger partial charge on any atom is 0.309 e. The third-order valence-corrected chi connectivity index (χ3v) is 4.35. The molecule has 1 N–H and O–H groups in total. The molecule has 3 nitrogen and oxygen atoms in total. The minimum absolute atomic E-state index is 0.567. The molecular weight excluding hydrogens is 252 g/mol. The molecule has 0 aliphatic carbocycles. The Morgan fingerprint density at radius 2 is 1.85 bits per heavy atom. The summed E-state index contributed by atoms with van der Waals surface area (Å²) < 4.78 is 5.71. The second kappa shape index (κ2) is 7.32. The van der Waals surface area contributed by atoms with Gasteiger partial charge in [0.2, 0.25) is 0 Å². The number of carbonyl (C=O) groups is 1. The Morgan fingerprint density at radius 1 is 1.20 bits per heavy atom. The van der Waals surface area contributed by atoms with Crippen LogP contribution in [0.4, 0.5) is 0 Å². The number of hydrogen-bond donors (Lipinski definition) is 1. The van der Waals surface area contributed by atoms with Crippen molar-refractivity contribution in [2.45, 2.75) is 53.4 Å². The summed E-state index contributed by atoms with van der Waals surface area (Å²) in [7, 11) is 0. The van der Waals surface area contributed by atoms with E-state index in [1.807, 2.05) is 32.0 Å². The fourth-order valence-corrected chi connectivity index (χ4v) is 2.42. The normalized spacial score (nSPS) is 11.4. The van der Waals surface area contributed by atoms with Gasteiger partial charge >= 0.3 is 5.97 Å². The molecule has 0 unspecified atom stereocenters. The Bertz CT molecular complexity index is 448. The first-order valence-electron chi connectivity index (χ1n) is 7.38. The lowest BCUT2D eigenvalue weighted by atomic mass is 9.78. The summed E-state index contributed by atoms with van der Waals surface area (Å²) in [6.45, 7) is 8.59. The van der Waals surface area contributed by atoms with Gasteiger partial charge in [-0.25, -0.2) is 0 Å². The number of aryl methyl sites for hydroxylation is 2. The fraction of sp³-hybridized carbons (Fsp3) is 0.588. The SMILES string of the molecule is CCC(CC)(CCCOc1ccc(C)c(C)c1)C(=O)O. The molecular formula is C17H26O3. The molecule has 0 spiro atoms. The van der Waals surface area contributed by atoms with E-state index in [0.29, 0.717) is 25.9 Å². The van der Waals surface area contributed by atoms with Crippen molar-refractivity contribution >= 4 is 5.97 Å². The molecule has 0 radical (unpaired) electrons. The van der Waals surface area contributed by atoms with Crippen LogP contribution in [0.1, 0.15) is 50.7 Å². The van der Waals surface area contributed by atoms with E-state index in [1.165, 1.54) is 11.1 Å². The monoisotopic (exact) mass is 278 g/mol. The average molecular weight is 278 g/mol. The van der Waals surface area contributed by atoms with E-state index >= 15 is 0 Å². The summed E-state index contributed by atoms with van der Waals surface area (Å²) >= 11 is 0. The van der Waals surface area contributed by atoms with Gasteiger partial charge in [-0.2, -0.15) is 0 Å². The van der Waals surface area contributed by atoms with Gasteiger partial charge in [0.15, 0.2) is 0 Å². The van der Waals surface area contributed by atoms with Crippen molar-refractivity contribution in [3.63, 3.8) is 0 Å². The highest BCUT2D eigenvalue weighted by Gasteiger charge is 2.33.